The summed E-state index contributed by atoms with van der Waals surface area (Å²) in [6.07, 6.45) is 1.47. The molecule has 0 aliphatic carbocycles. The molecule has 0 amide bonds. The first-order valence-corrected chi connectivity index (χ1v) is 9.18. The number of rotatable bonds is 7. The molecule has 0 aliphatic rings. The number of carbonyl (C=O) groups excluding carboxylic acids is 2. The number of aromatic nitrogens is 2. The predicted molar refractivity (Wildman–Crippen MR) is 96.4 cm³/mol. The lowest BCUT2D eigenvalue weighted by atomic mass is 10.1. The second-order valence-electron chi connectivity index (χ2n) is 4.89. The number of methoxy groups -OCH3 is 1. The Morgan fingerprint density at radius 2 is 2.04 bits per heavy atom. The van der Waals surface area contributed by atoms with Gasteiger partial charge in [0.15, 0.2) is 6.61 Å². The van der Waals surface area contributed by atoms with E-state index in [0.717, 1.165) is 15.2 Å². The molecule has 6 nitrogen and oxygen atoms in total. The topological polar surface area (TPSA) is 78.4 Å². The number of fused-ring (bicyclic) bond motifs is 1. The standard InChI is InChI=1S/C17H14N2O4S2/c1-22-14-5-3-2-4-11(14)13(20)8-23-15(21)9-25-17-12-6-7-24-16(12)18-10-19-17/h2-7,10H,8-9H2,1H3. The van der Waals surface area contributed by atoms with Gasteiger partial charge in [-0.15, -0.1) is 11.3 Å². The number of benzene rings is 1. The minimum Gasteiger partial charge on any atom is -0.496 e. The Labute approximate surface area is 152 Å². The fourth-order valence-electron chi connectivity index (χ4n) is 2.15. The van der Waals surface area contributed by atoms with Crippen LogP contribution in [0.3, 0.4) is 0 Å². The van der Waals surface area contributed by atoms with Gasteiger partial charge in [0.25, 0.3) is 0 Å². The molecule has 0 fully saturated rings. The normalized spacial score (nSPS) is 10.6. The van der Waals surface area contributed by atoms with Crippen LogP contribution in [0.15, 0.2) is 47.1 Å². The van der Waals surface area contributed by atoms with Crippen molar-refractivity contribution in [2.45, 2.75) is 5.03 Å². The van der Waals surface area contributed by atoms with E-state index in [-0.39, 0.29) is 18.1 Å². The van der Waals surface area contributed by atoms with Gasteiger partial charge < -0.3 is 9.47 Å². The Kier molecular flexibility index (Phi) is 5.62. The lowest BCUT2D eigenvalue weighted by molar-refractivity contribution is -0.139. The van der Waals surface area contributed by atoms with Gasteiger partial charge in [0.2, 0.25) is 5.78 Å². The van der Waals surface area contributed by atoms with Gasteiger partial charge in [0.1, 0.15) is 21.9 Å². The van der Waals surface area contributed by atoms with Crippen LogP contribution in [0.4, 0.5) is 0 Å². The quantitative estimate of drug-likeness (QED) is 0.272. The molecule has 0 spiro atoms. The van der Waals surface area contributed by atoms with Gasteiger partial charge in [0, 0.05) is 5.39 Å². The Morgan fingerprint density at radius 1 is 1.20 bits per heavy atom. The molecule has 3 rings (SSSR count). The molecule has 0 radical (unpaired) electrons. The van der Waals surface area contributed by atoms with E-state index in [9.17, 15) is 9.59 Å². The molecule has 2 heterocycles. The number of hydrogen-bond acceptors (Lipinski definition) is 8. The number of ether oxygens (including phenoxy) is 2. The van der Waals surface area contributed by atoms with Gasteiger partial charge in [-0.05, 0) is 23.6 Å². The van der Waals surface area contributed by atoms with Crippen LogP contribution in [0, 0.1) is 0 Å². The summed E-state index contributed by atoms with van der Waals surface area (Å²) in [6.45, 7) is -0.322. The molecule has 128 valence electrons. The summed E-state index contributed by atoms with van der Waals surface area (Å²) >= 11 is 2.78. The van der Waals surface area contributed by atoms with Crippen molar-refractivity contribution in [2.24, 2.45) is 0 Å². The summed E-state index contributed by atoms with van der Waals surface area (Å²) in [6, 6.07) is 8.74. The Balaban J connectivity index is 1.54. The molecule has 0 saturated heterocycles. The van der Waals surface area contributed by atoms with Crippen molar-refractivity contribution >= 4 is 45.1 Å². The van der Waals surface area contributed by atoms with Gasteiger partial charge in [-0.25, -0.2) is 9.97 Å². The molecule has 0 unspecified atom stereocenters. The first-order chi connectivity index (χ1) is 12.2. The molecule has 3 aromatic rings. The van der Waals surface area contributed by atoms with Crippen LogP contribution in [0.25, 0.3) is 10.2 Å². The third-order valence-electron chi connectivity index (χ3n) is 3.32. The van der Waals surface area contributed by atoms with E-state index >= 15 is 0 Å². The number of thioether (sulfide) groups is 1. The van der Waals surface area contributed by atoms with Crippen molar-refractivity contribution in [2.75, 3.05) is 19.5 Å². The minimum atomic E-state index is -0.477. The number of para-hydroxylation sites is 1. The van der Waals surface area contributed by atoms with Crippen molar-refractivity contribution in [3.8, 4) is 5.75 Å². The maximum atomic E-state index is 12.2. The second kappa shape index (κ2) is 8.09. The SMILES string of the molecule is COc1ccccc1C(=O)COC(=O)CSc1ncnc2sccc12. The van der Waals surface area contributed by atoms with E-state index in [0.29, 0.717) is 11.3 Å². The zero-order valence-electron chi connectivity index (χ0n) is 13.3. The van der Waals surface area contributed by atoms with E-state index in [4.69, 9.17) is 9.47 Å². The van der Waals surface area contributed by atoms with Gasteiger partial charge >= 0.3 is 5.97 Å². The maximum Gasteiger partial charge on any atom is 0.316 e. The second-order valence-corrected chi connectivity index (χ2v) is 6.75. The van der Waals surface area contributed by atoms with Crippen LogP contribution < -0.4 is 4.74 Å². The number of esters is 1. The fourth-order valence-corrected chi connectivity index (χ4v) is 3.73. The van der Waals surface area contributed by atoms with Gasteiger partial charge in [0.05, 0.1) is 18.4 Å². The van der Waals surface area contributed by atoms with Gasteiger partial charge in [-0.3, -0.25) is 9.59 Å². The first-order valence-electron chi connectivity index (χ1n) is 7.32. The van der Waals surface area contributed by atoms with E-state index < -0.39 is 5.97 Å². The molecular weight excluding hydrogens is 360 g/mol. The largest absolute Gasteiger partial charge is 0.496 e. The molecule has 0 aliphatic heterocycles. The zero-order chi connectivity index (χ0) is 17.6. The number of ketones is 1. The Morgan fingerprint density at radius 3 is 2.88 bits per heavy atom. The summed E-state index contributed by atoms with van der Waals surface area (Å²) in [5.41, 5.74) is 0.390. The number of nitrogens with zero attached hydrogens (tertiary/aromatic N) is 2. The molecule has 8 heteroatoms. The summed E-state index contributed by atoms with van der Waals surface area (Å²) in [5, 5.41) is 3.56. The molecule has 0 N–H and O–H groups in total. The maximum absolute atomic E-state index is 12.2. The molecule has 0 saturated carbocycles. The highest BCUT2D eigenvalue weighted by atomic mass is 32.2. The molecule has 0 atom stereocenters. The highest BCUT2D eigenvalue weighted by Gasteiger charge is 2.15. The zero-order valence-corrected chi connectivity index (χ0v) is 14.9. The fraction of sp³-hybridized carbons (Fsp3) is 0.176. The van der Waals surface area contributed by atoms with Crippen molar-refractivity contribution in [1.82, 2.24) is 9.97 Å². The van der Waals surface area contributed by atoms with Crippen molar-refractivity contribution < 1.29 is 19.1 Å². The third kappa shape index (κ3) is 4.15. The van der Waals surface area contributed by atoms with Crippen LogP contribution in [0.2, 0.25) is 0 Å². The Bertz CT molecular complexity index is 910. The van der Waals surface area contributed by atoms with Crippen molar-refractivity contribution in [1.29, 1.82) is 0 Å². The summed E-state index contributed by atoms with van der Waals surface area (Å²) in [7, 11) is 1.49. The number of hydrogen-bond donors (Lipinski definition) is 0. The van der Waals surface area contributed by atoms with Crippen molar-refractivity contribution in [3.63, 3.8) is 0 Å². The molecule has 0 bridgehead atoms. The summed E-state index contributed by atoms with van der Waals surface area (Å²) < 4.78 is 10.2. The molecule has 1 aromatic carbocycles. The monoisotopic (exact) mass is 374 g/mol. The average molecular weight is 374 g/mol. The lowest BCUT2D eigenvalue weighted by Gasteiger charge is -2.08. The van der Waals surface area contributed by atoms with Crippen molar-refractivity contribution in [3.05, 3.63) is 47.6 Å². The predicted octanol–water partition coefficient (Wildman–Crippen LogP) is 3.22. The van der Waals surface area contributed by atoms with E-state index in [1.165, 1.54) is 36.5 Å². The number of carbonyl (C=O) groups is 2. The highest BCUT2D eigenvalue weighted by molar-refractivity contribution is 8.00. The van der Waals surface area contributed by atoms with E-state index in [1.54, 1.807) is 24.3 Å². The van der Waals surface area contributed by atoms with E-state index in [1.807, 2.05) is 11.4 Å². The van der Waals surface area contributed by atoms with Crippen LogP contribution in [-0.4, -0.2) is 41.2 Å². The third-order valence-corrected chi connectivity index (χ3v) is 5.12. The van der Waals surface area contributed by atoms with Crippen LogP contribution in [0.1, 0.15) is 10.4 Å². The minimum absolute atomic E-state index is 0.0706. The number of thiophene rings is 1. The summed E-state index contributed by atoms with van der Waals surface area (Å²) in [5.74, 6) is -0.256. The molecule has 2 aromatic heterocycles. The van der Waals surface area contributed by atoms with Gasteiger partial charge in [-0.2, -0.15) is 0 Å². The number of Topliss-reactive ketones (excluding diaryl/α,β-unsaturated/α-hetero) is 1. The Hall–Kier alpha value is -2.45. The van der Waals surface area contributed by atoms with Crippen LogP contribution >= 0.6 is 23.1 Å². The first kappa shape index (κ1) is 17.4. The van der Waals surface area contributed by atoms with Gasteiger partial charge in [-0.1, -0.05) is 23.9 Å². The molecule has 25 heavy (non-hydrogen) atoms. The van der Waals surface area contributed by atoms with Crippen LogP contribution in [-0.2, 0) is 9.53 Å². The smallest absolute Gasteiger partial charge is 0.316 e. The van der Waals surface area contributed by atoms with Crippen LogP contribution in [0.5, 0.6) is 5.75 Å². The lowest BCUT2D eigenvalue weighted by Crippen LogP contribution is -2.16. The molecular formula is C17H14N2O4S2. The summed E-state index contributed by atoms with van der Waals surface area (Å²) in [4.78, 5) is 33.3. The highest BCUT2D eigenvalue weighted by Crippen LogP contribution is 2.27. The average Bonchev–Trinajstić information content (AvgIpc) is 3.13. The van der Waals surface area contributed by atoms with E-state index in [2.05, 4.69) is 9.97 Å².